The van der Waals surface area contributed by atoms with Crippen LogP contribution in [0.15, 0.2) is 24.3 Å². The van der Waals surface area contributed by atoms with Crippen molar-refractivity contribution in [1.82, 2.24) is 4.90 Å². The first-order chi connectivity index (χ1) is 13.9. The van der Waals surface area contributed by atoms with Crippen molar-refractivity contribution in [2.45, 2.75) is 44.8 Å². The van der Waals surface area contributed by atoms with Gasteiger partial charge in [-0.25, -0.2) is 0 Å². The van der Waals surface area contributed by atoms with Gasteiger partial charge in [-0.2, -0.15) is 0 Å². The lowest BCUT2D eigenvalue weighted by atomic mass is 9.76. The summed E-state index contributed by atoms with van der Waals surface area (Å²) in [6.07, 6.45) is 5.87. The second kappa shape index (κ2) is 8.86. The second-order valence-electron chi connectivity index (χ2n) is 7.39. The van der Waals surface area contributed by atoms with E-state index in [2.05, 4.69) is 4.90 Å². The summed E-state index contributed by atoms with van der Waals surface area (Å²) >= 11 is 0. The minimum Gasteiger partial charge on any atom is -0.493 e. The van der Waals surface area contributed by atoms with Gasteiger partial charge in [0.1, 0.15) is 12.7 Å². The number of fused-ring (bicyclic) bond motifs is 3. The molecule has 2 aliphatic rings. The fraction of sp³-hybridized carbons (Fsp3) is 0.545. The van der Waals surface area contributed by atoms with Crippen molar-refractivity contribution in [3.63, 3.8) is 0 Å². The molecule has 3 rings (SSSR count). The molecular formula is C22H29NO6. The summed E-state index contributed by atoms with van der Waals surface area (Å²) in [6.45, 7) is 4.79. The number of hydrogen-bond acceptors (Lipinski definition) is 7. The topological polar surface area (TPSA) is 74.3 Å². The molecule has 2 atom stereocenters. The fourth-order valence-electron chi connectivity index (χ4n) is 4.58. The van der Waals surface area contributed by atoms with Gasteiger partial charge in [0.05, 0.1) is 19.8 Å². The van der Waals surface area contributed by atoms with Crippen LogP contribution < -0.4 is 9.47 Å². The van der Waals surface area contributed by atoms with Crippen molar-refractivity contribution < 1.29 is 28.5 Å². The third-order valence-electron chi connectivity index (χ3n) is 5.77. The standard InChI is InChI=1S/C22H29NO6/c1-15(24)28-12-6-5-9-22-18-14-20(27-4)19(26-3)13-17(18)7-10-23(22)11-8-21(22)29-16(2)25/h5-6,13-14,21H,7-12H2,1-4H3/b6-5+/t21?,22-/m1/s1. The molecule has 0 amide bonds. The van der Waals surface area contributed by atoms with Gasteiger partial charge in [0.2, 0.25) is 0 Å². The molecule has 7 nitrogen and oxygen atoms in total. The average Bonchev–Trinajstić information content (AvgIpc) is 3.04. The second-order valence-corrected chi connectivity index (χ2v) is 7.39. The maximum absolute atomic E-state index is 11.8. The molecule has 7 heteroatoms. The highest BCUT2D eigenvalue weighted by Crippen LogP contribution is 2.50. The predicted octanol–water partition coefficient (Wildman–Crippen LogP) is 2.60. The number of rotatable bonds is 7. The Morgan fingerprint density at radius 2 is 1.83 bits per heavy atom. The molecule has 0 aliphatic carbocycles. The smallest absolute Gasteiger partial charge is 0.302 e. The number of methoxy groups -OCH3 is 2. The van der Waals surface area contributed by atoms with Crippen LogP contribution in [0.4, 0.5) is 0 Å². The molecule has 0 N–H and O–H groups in total. The minimum absolute atomic E-state index is 0.225. The molecule has 1 saturated heterocycles. The zero-order chi connectivity index (χ0) is 21.0. The summed E-state index contributed by atoms with van der Waals surface area (Å²) in [6, 6.07) is 4.04. The summed E-state index contributed by atoms with van der Waals surface area (Å²) in [5, 5.41) is 0. The van der Waals surface area contributed by atoms with Gasteiger partial charge in [0, 0.05) is 26.9 Å². The molecule has 158 valence electrons. The Morgan fingerprint density at radius 3 is 2.48 bits per heavy atom. The van der Waals surface area contributed by atoms with Crippen molar-refractivity contribution in [2.24, 2.45) is 0 Å². The third-order valence-corrected chi connectivity index (χ3v) is 5.77. The first-order valence-corrected chi connectivity index (χ1v) is 9.88. The highest BCUT2D eigenvalue weighted by Gasteiger charge is 2.53. The van der Waals surface area contributed by atoms with Crippen LogP contribution in [-0.2, 0) is 31.0 Å². The largest absolute Gasteiger partial charge is 0.493 e. The number of benzene rings is 1. The van der Waals surface area contributed by atoms with Crippen LogP contribution >= 0.6 is 0 Å². The van der Waals surface area contributed by atoms with Gasteiger partial charge in [-0.3, -0.25) is 14.5 Å². The molecule has 0 spiro atoms. The van der Waals surface area contributed by atoms with Crippen LogP contribution in [0.2, 0.25) is 0 Å². The Kier molecular flexibility index (Phi) is 6.47. The Balaban J connectivity index is 2.03. The number of ether oxygens (including phenoxy) is 4. The highest BCUT2D eigenvalue weighted by molar-refractivity contribution is 5.67. The van der Waals surface area contributed by atoms with Crippen LogP contribution in [-0.4, -0.2) is 56.9 Å². The molecule has 1 fully saturated rings. The Bertz CT molecular complexity index is 805. The molecule has 0 bridgehead atoms. The van der Waals surface area contributed by atoms with E-state index in [-0.39, 0.29) is 24.6 Å². The Hall–Kier alpha value is -2.54. The summed E-state index contributed by atoms with van der Waals surface area (Å²) in [5.74, 6) is 0.757. The Morgan fingerprint density at radius 1 is 1.10 bits per heavy atom. The molecule has 1 aromatic carbocycles. The lowest BCUT2D eigenvalue weighted by Crippen LogP contribution is -2.52. The van der Waals surface area contributed by atoms with Gasteiger partial charge in [-0.05, 0) is 42.5 Å². The Labute approximate surface area is 171 Å². The maximum atomic E-state index is 11.8. The van der Waals surface area contributed by atoms with Crippen LogP contribution in [0.3, 0.4) is 0 Å². The maximum Gasteiger partial charge on any atom is 0.302 e. The van der Waals surface area contributed by atoms with E-state index in [1.165, 1.54) is 19.4 Å². The van der Waals surface area contributed by atoms with Crippen LogP contribution in [0, 0.1) is 0 Å². The summed E-state index contributed by atoms with van der Waals surface area (Å²) in [7, 11) is 3.25. The van der Waals surface area contributed by atoms with Crippen molar-refractivity contribution in [2.75, 3.05) is 33.9 Å². The number of carbonyl (C=O) groups is 2. The van der Waals surface area contributed by atoms with Crippen molar-refractivity contribution >= 4 is 11.9 Å². The van der Waals surface area contributed by atoms with Crippen molar-refractivity contribution in [1.29, 1.82) is 0 Å². The molecule has 1 unspecified atom stereocenters. The predicted molar refractivity (Wildman–Crippen MR) is 107 cm³/mol. The molecule has 2 aliphatic heterocycles. The van der Waals surface area contributed by atoms with Crippen molar-refractivity contribution in [3.05, 3.63) is 35.4 Å². The number of carbonyl (C=O) groups excluding carboxylic acids is 2. The van der Waals surface area contributed by atoms with E-state index < -0.39 is 5.54 Å². The average molecular weight is 403 g/mol. The van der Waals surface area contributed by atoms with E-state index in [0.717, 1.165) is 31.5 Å². The van der Waals surface area contributed by atoms with Crippen molar-refractivity contribution in [3.8, 4) is 11.5 Å². The normalized spacial score (nSPS) is 23.4. The van der Waals surface area contributed by atoms with E-state index in [1.54, 1.807) is 14.2 Å². The quantitative estimate of drug-likeness (QED) is 0.512. The van der Waals surface area contributed by atoms with Crippen LogP contribution in [0.1, 0.15) is 37.8 Å². The van der Waals surface area contributed by atoms with E-state index in [1.807, 2.05) is 24.3 Å². The van der Waals surface area contributed by atoms with Gasteiger partial charge < -0.3 is 18.9 Å². The van der Waals surface area contributed by atoms with Gasteiger partial charge in [-0.1, -0.05) is 12.2 Å². The third kappa shape index (κ3) is 4.10. The molecule has 2 heterocycles. The molecule has 0 saturated carbocycles. The molecular weight excluding hydrogens is 374 g/mol. The summed E-state index contributed by atoms with van der Waals surface area (Å²) in [5.41, 5.74) is 1.79. The highest BCUT2D eigenvalue weighted by atomic mass is 16.5. The molecule has 1 aromatic rings. The first kappa shape index (κ1) is 21.2. The molecule has 29 heavy (non-hydrogen) atoms. The van der Waals surface area contributed by atoms with Gasteiger partial charge >= 0.3 is 11.9 Å². The van der Waals surface area contributed by atoms with E-state index in [9.17, 15) is 9.59 Å². The summed E-state index contributed by atoms with van der Waals surface area (Å²) in [4.78, 5) is 25.2. The monoisotopic (exact) mass is 403 g/mol. The molecule has 0 aromatic heterocycles. The lowest BCUT2D eigenvalue weighted by Gasteiger charge is -2.46. The first-order valence-electron chi connectivity index (χ1n) is 9.88. The minimum atomic E-state index is -0.481. The van der Waals surface area contributed by atoms with Crippen LogP contribution in [0.5, 0.6) is 11.5 Å². The number of hydrogen-bond donors (Lipinski definition) is 0. The SMILES string of the molecule is COc1cc2c(cc1OC)[C@]1(C/C=C/COC(C)=O)C(OC(C)=O)CCN1CC2. The fourth-order valence-corrected chi connectivity index (χ4v) is 4.58. The zero-order valence-electron chi connectivity index (χ0n) is 17.5. The summed E-state index contributed by atoms with van der Waals surface area (Å²) < 4.78 is 21.8. The van der Waals surface area contributed by atoms with Gasteiger partial charge in [-0.15, -0.1) is 0 Å². The molecule has 0 radical (unpaired) electrons. The van der Waals surface area contributed by atoms with Gasteiger partial charge in [0.25, 0.3) is 0 Å². The van der Waals surface area contributed by atoms with E-state index in [4.69, 9.17) is 18.9 Å². The van der Waals surface area contributed by atoms with Crippen LogP contribution in [0.25, 0.3) is 0 Å². The lowest BCUT2D eigenvalue weighted by molar-refractivity contribution is -0.152. The van der Waals surface area contributed by atoms with E-state index in [0.29, 0.717) is 17.9 Å². The number of nitrogens with zero attached hydrogens (tertiary/aromatic N) is 1. The van der Waals surface area contributed by atoms with Gasteiger partial charge in [0.15, 0.2) is 11.5 Å². The number of esters is 2. The van der Waals surface area contributed by atoms with E-state index >= 15 is 0 Å². The zero-order valence-corrected chi connectivity index (χ0v) is 17.5.